The van der Waals surface area contributed by atoms with E-state index in [-0.39, 0.29) is 0 Å². The number of benzene rings is 1. The van der Waals surface area contributed by atoms with Crippen LogP contribution in [0.5, 0.6) is 0 Å². The van der Waals surface area contributed by atoms with E-state index >= 15 is 0 Å². The van der Waals surface area contributed by atoms with Gasteiger partial charge in [0.05, 0.1) is 0 Å². The summed E-state index contributed by atoms with van der Waals surface area (Å²) in [4.78, 5) is 16.7. The van der Waals surface area contributed by atoms with Gasteiger partial charge in [0.15, 0.2) is 0 Å². The molecule has 0 radical (unpaired) electrons. The fraction of sp³-hybridized carbons (Fsp3) is 0.556. The quantitative estimate of drug-likeness (QED) is 0.375. The fourth-order valence-corrected chi connectivity index (χ4v) is 2.11. The molecule has 0 saturated heterocycles. The SMILES string of the molecule is CCCCCCCCCCc1ccccc1.N=C=O.N=C=O. The Kier molecular flexibility index (Phi) is 21.5. The highest BCUT2D eigenvalue weighted by Crippen LogP contribution is 2.10. The second kappa shape index (κ2) is 21.3. The zero-order valence-electron chi connectivity index (χ0n) is 13.6. The lowest BCUT2D eigenvalue weighted by atomic mass is 10.0. The summed E-state index contributed by atoms with van der Waals surface area (Å²) in [7, 11) is 0. The Morgan fingerprint density at radius 2 is 1.18 bits per heavy atom. The highest BCUT2D eigenvalue weighted by atomic mass is 16.1. The van der Waals surface area contributed by atoms with Gasteiger partial charge in [0.25, 0.3) is 0 Å². The first-order valence-electron chi connectivity index (χ1n) is 7.88. The zero-order chi connectivity index (χ0) is 16.9. The van der Waals surface area contributed by atoms with E-state index in [9.17, 15) is 0 Å². The number of isocyanates is 2. The molecule has 1 rings (SSSR count). The smallest absolute Gasteiger partial charge is 0.222 e. The van der Waals surface area contributed by atoms with Crippen LogP contribution in [0.1, 0.15) is 63.9 Å². The topological polar surface area (TPSA) is 81.8 Å². The summed E-state index contributed by atoms with van der Waals surface area (Å²) in [5, 5.41) is 10.8. The van der Waals surface area contributed by atoms with Crippen LogP contribution in [0.15, 0.2) is 30.3 Å². The first-order chi connectivity index (χ1) is 10.8. The normalized spacial score (nSPS) is 8.41. The molecule has 22 heavy (non-hydrogen) atoms. The third-order valence-corrected chi connectivity index (χ3v) is 3.16. The summed E-state index contributed by atoms with van der Waals surface area (Å²) >= 11 is 0. The molecule has 1 aromatic rings. The number of hydrogen-bond donors (Lipinski definition) is 2. The molecule has 0 amide bonds. The van der Waals surface area contributed by atoms with E-state index in [0.717, 1.165) is 12.2 Å². The van der Waals surface area contributed by atoms with E-state index < -0.39 is 0 Å². The van der Waals surface area contributed by atoms with Crippen molar-refractivity contribution in [1.29, 1.82) is 10.8 Å². The molecule has 0 bridgehead atoms. The van der Waals surface area contributed by atoms with Gasteiger partial charge in [-0.2, -0.15) is 0 Å². The molecule has 0 heterocycles. The molecule has 0 atom stereocenters. The van der Waals surface area contributed by atoms with Gasteiger partial charge in [-0.1, -0.05) is 82.2 Å². The molecule has 0 aliphatic heterocycles. The largest absolute Gasteiger partial charge is 0.231 e. The average molecular weight is 304 g/mol. The summed E-state index contributed by atoms with van der Waals surface area (Å²) < 4.78 is 0. The third kappa shape index (κ3) is 20.3. The van der Waals surface area contributed by atoms with E-state index in [4.69, 9.17) is 20.4 Å². The summed E-state index contributed by atoms with van der Waals surface area (Å²) in [6.45, 7) is 2.28. The predicted molar refractivity (Wildman–Crippen MR) is 89.6 cm³/mol. The average Bonchev–Trinajstić information content (AvgIpc) is 2.53. The van der Waals surface area contributed by atoms with Gasteiger partial charge in [0.1, 0.15) is 0 Å². The van der Waals surface area contributed by atoms with Gasteiger partial charge in [-0.25, -0.2) is 20.4 Å². The Bertz CT molecular complexity index is 381. The molecule has 0 saturated carbocycles. The molecular formula is C18H28N2O2. The number of rotatable bonds is 9. The number of unbranched alkanes of at least 4 members (excludes halogenated alkanes) is 7. The molecule has 0 unspecified atom stereocenters. The molecular weight excluding hydrogens is 276 g/mol. The van der Waals surface area contributed by atoms with Crippen molar-refractivity contribution in [1.82, 2.24) is 0 Å². The minimum atomic E-state index is 0.750. The van der Waals surface area contributed by atoms with Crippen LogP contribution in [-0.2, 0) is 16.0 Å². The Morgan fingerprint density at radius 3 is 1.64 bits per heavy atom. The van der Waals surface area contributed by atoms with Crippen molar-refractivity contribution in [2.24, 2.45) is 0 Å². The molecule has 0 fully saturated rings. The molecule has 0 spiro atoms. The van der Waals surface area contributed by atoms with E-state index in [1.165, 1.54) is 63.4 Å². The Labute approximate surface area is 134 Å². The highest BCUT2D eigenvalue weighted by Gasteiger charge is 1.93. The number of hydrogen-bond acceptors (Lipinski definition) is 4. The predicted octanol–water partition coefficient (Wildman–Crippen LogP) is 5.17. The van der Waals surface area contributed by atoms with Crippen molar-refractivity contribution in [2.75, 3.05) is 0 Å². The lowest BCUT2D eigenvalue weighted by Crippen LogP contribution is -1.85. The molecule has 0 aromatic heterocycles. The molecule has 2 N–H and O–H groups in total. The second-order valence-electron chi connectivity index (χ2n) is 4.91. The lowest BCUT2D eigenvalue weighted by Gasteiger charge is -2.02. The van der Waals surface area contributed by atoms with Crippen molar-refractivity contribution in [2.45, 2.75) is 64.7 Å². The van der Waals surface area contributed by atoms with Crippen LogP contribution in [0.2, 0.25) is 0 Å². The first-order valence-corrected chi connectivity index (χ1v) is 7.88. The molecule has 0 aliphatic rings. The lowest BCUT2D eigenvalue weighted by molar-refractivity contribution is 0.562. The van der Waals surface area contributed by atoms with Gasteiger partial charge < -0.3 is 0 Å². The van der Waals surface area contributed by atoms with Crippen LogP contribution >= 0.6 is 0 Å². The summed E-state index contributed by atoms with van der Waals surface area (Å²) in [5.74, 6) is 0. The number of nitrogens with one attached hydrogen (secondary N) is 2. The standard InChI is InChI=1S/C16H26.2CHNO/c1-2-3-4-5-6-7-8-10-13-16-14-11-9-12-15-16;2*2-1-3/h9,11-12,14-15H,2-8,10,13H2,1H3;2*2H. The minimum Gasteiger partial charge on any atom is -0.222 e. The van der Waals surface area contributed by atoms with Crippen LogP contribution < -0.4 is 0 Å². The van der Waals surface area contributed by atoms with Crippen molar-refractivity contribution in [3.8, 4) is 0 Å². The molecule has 122 valence electrons. The first kappa shape index (κ1) is 22.3. The molecule has 4 nitrogen and oxygen atoms in total. The van der Waals surface area contributed by atoms with Gasteiger partial charge in [0.2, 0.25) is 12.2 Å². The van der Waals surface area contributed by atoms with Gasteiger partial charge in [-0.3, -0.25) is 0 Å². The van der Waals surface area contributed by atoms with Crippen molar-refractivity contribution >= 4 is 12.2 Å². The summed E-state index contributed by atoms with van der Waals surface area (Å²) in [5.41, 5.74) is 1.49. The fourth-order valence-electron chi connectivity index (χ4n) is 2.11. The molecule has 1 aromatic carbocycles. The summed E-state index contributed by atoms with van der Waals surface area (Å²) in [6, 6.07) is 10.8. The zero-order valence-corrected chi connectivity index (χ0v) is 13.6. The van der Waals surface area contributed by atoms with Crippen LogP contribution in [0.3, 0.4) is 0 Å². The van der Waals surface area contributed by atoms with E-state index in [0.29, 0.717) is 0 Å². The summed E-state index contributed by atoms with van der Waals surface area (Å²) in [6.07, 6.45) is 14.0. The van der Waals surface area contributed by atoms with Gasteiger partial charge in [-0.15, -0.1) is 0 Å². The van der Waals surface area contributed by atoms with Crippen LogP contribution in [0.25, 0.3) is 0 Å². The Morgan fingerprint density at radius 1 is 0.773 bits per heavy atom. The van der Waals surface area contributed by atoms with Crippen molar-refractivity contribution in [3.05, 3.63) is 35.9 Å². The highest BCUT2D eigenvalue weighted by molar-refractivity contribution is 5.26. The monoisotopic (exact) mass is 304 g/mol. The van der Waals surface area contributed by atoms with E-state index in [1.54, 1.807) is 0 Å². The van der Waals surface area contributed by atoms with Gasteiger partial charge >= 0.3 is 0 Å². The van der Waals surface area contributed by atoms with Crippen LogP contribution in [0.4, 0.5) is 0 Å². The van der Waals surface area contributed by atoms with Crippen molar-refractivity contribution < 1.29 is 9.59 Å². The number of aryl methyl sites for hydroxylation is 1. The number of carbonyl (C=O) groups excluding carboxylic acids is 2. The second-order valence-corrected chi connectivity index (χ2v) is 4.91. The van der Waals surface area contributed by atoms with Crippen LogP contribution in [-0.4, -0.2) is 12.2 Å². The maximum Gasteiger partial charge on any atom is 0.231 e. The molecule has 0 aliphatic carbocycles. The van der Waals surface area contributed by atoms with E-state index in [1.807, 2.05) is 0 Å². The van der Waals surface area contributed by atoms with E-state index in [2.05, 4.69) is 37.3 Å². The maximum atomic E-state index is 8.35. The van der Waals surface area contributed by atoms with Crippen LogP contribution in [0, 0.1) is 10.8 Å². The Balaban J connectivity index is 0. The van der Waals surface area contributed by atoms with Gasteiger partial charge in [-0.05, 0) is 18.4 Å². The minimum absolute atomic E-state index is 0.750. The van der Waals surface area contributed by atoms with Gasteiger partial charge in [0, 0.05) is 0 Å². The maximum absolute atomic E-state index is 8.35. The Hall–Kier alpha value is -2.02. The molecule has 4 heteroatoms. The van der Waals surface area contributed by atoms with Crippen molar-refractivity contribution in [3.63, 3.8) is 0 Å². The third-order valence-electron chi connectivity index (χ3n) is 3.16.